The SMILES string of the molecule is c1ccc(N(c2ccc3c(c2)Oc2cc4c(cc2O3)-c2ccccc2C42c3ccccc3-c3ccccc32)c2cccc3c2C(c2ccccc2)(c2ccccc2)c2ccccc2-3)cc1. The molecule has 0 saturated carbocycles. The maximum atomic E-state index is 7.11. The fourth-order valence-corrected chi connectivity index (χ4v) is 12.0. The Kier molecular flexibility index (Phi) is 7.53. The normalized spacial score (nSPS) is 14.3. The molecule has 65 heavy (non-hydrogen) atoms. The first-order chi connectivity index (χ1) is 32.2. The summed E-state index contributed by atoms with van der Waals surface area (Å²) < 4.78 is 14.0. The van der Waals surface area contributed by atoms with E-state index >= 15 is 0 Å². The summed E-state index contributed by atoms with van der Waals surface area (Å²) in [5.41, 5.74) is 19.4. The number of anilines is 3. The highest BCUT2D eigenvalue weighted by Gasteiger charge is 2.52. The van der Waals surface area contributed by atoms with Crippen molar-refractivity contribution in [2.75, 3.05) is 4.90 Å². The number of hydrogen-bond donors (Lipinski definition) is 0. The van der Waals surface area contributed by atoms with E-state index in [4.69, 9.17) is 9.47 Å². The van der Waals surface area contributed by atoms with E-state index in [9.17, 15) is 0 Å². The molecular formula is C62H39NO2. The molecule has 3 heteroatoms. The Bertz CT molecular complexity index is 3470. The van der Waals surface area contributed by atoms with Gasteiger partial charge in [0.1, 0.15) is 0 Å². The Morgan fingerprint density at radius 1 is 0.277 bits per heavy atom. The number of fused-ring (bicyclic) bond motifs is 15. The molecule has 14 rings (SSSR count). The number of ether oxygens (including phenoxy) is 2. The lowest BCUT2D eigenvalue weighted by molar-refractivity contribution is 0.359. The van der Waals surface area contributed by atoms with Gasteiger partial charge in [-0.15, -0.1) is 0 Å². The van der Waals surface area contributed by atoms with E-state index < -0.39 is 10.8 Å². The first kappa shape index (κ1) is 36.1. The molecule has 0 saturated heterocycles. The van der Waals surface area contributed by atoms with Crippen molar-refractivity contribution < 1.29 is 9.47 Å². The van der Waals surface area contributed by atoms with Crippen LogP contribution < -0.4 is 14.4 Å². The average Bonchev–Trinajstić information content (AvgIpc) is 3.96. The molecule has 0 radical (unpaired) electrons. The molecule has 1 aliphatic heterocycles. The number of para-hydroxylation sites is 1. The second kappa shape index (κ2) is 13.6. The zero-order valence-electron chi connectivity index (χ0n) is 35.3. The van der Waals surface area contributed by atoms with Gasteiger partial charge in [0.15, 0.2) is 23.0 Å². The van der Waals surface area contributed by atoms with Crippen molar-refractivity contribution >= 4 is 17.1 Å². The van der Waals surface area contributed by atoms with Crippen LogP contribution in [0.4, 0.5) is 17.1 Å². The van der Waals surface area contributed by atoms with Gasteiger partial charge in [-0.2, -0.15) is 0 Å². The fourth-order valence-electron chi connectivity index (χ4n) is 12.0. The van der Waals surface area contributed by atoms with Crippen molar-refractivity contribution in [1.29, 1.82) is 0 Å². The van der Waals surface area contributed by atoms with E-state index in [1.807, 2.05) is 0 Å². The van der Waals surface area contributed by atoms with Crippen LogP contribution >= 0.6 is 0 Å². The van der Waals surface area contributed by atoms with Crippen LogP contribution in [-0.4, -0.2) is 0 Å². The molecule has 10 aromatic rings. The van der Waals surface area contributed by atoms with Gasteiger partial charge < -0.3 is 14.4 Å². The monoisotopic (exact) mass is 829 g/mol. The van der Waals surface area contributed by atoms with E-state index in [0.29, 0.717) is 23.0 Å². The first-order valence-electron chi connectivity index (χ1n) is 22.4. The second-order valence-corrected chi connectivity index (χ2v) is 17.5. The van der Waals surface area contributed by atoms with Gasteiger partial charge in [-0.05, 0) is 115 Å². The second-order valence-electron chi connectivity index (χ2n) is 17.5. The van der Waals surface area contributed by atoms with E-state index in [1.54, 1.807) is 0 Å². The van der Waals surface area contributed by atoms with Crippen LogP contribution in [0.15, 0.2) is 237 Å². The largest absolute Gasteiger partial charge is 0.449 e. The predicted octanol–water partition coefficient (Wildman–Crippen LogP) is 15.8. The number of nitrogens with zero attached hydrogens (tertiary/aromatic N) is 1. The number of benzene rings is 10. The van der Waals surface area contributed by atoms with Gasteiger partial charge in [0.25, 0.3) is 0 Å². The van der Waals surface area contributed by atoms with Gasteiger partial charge in [-0.1, -0.05) is 188 Å². The quantitative estimate of drug-likeness (QED) is 0.172. The Hall–Kier alpha value is -8.40. The molecule has 0 unspecified atom stereocenters. The van der Waals surface area contributed by atoms with Crippen molar-refractivity contribution in [3.8, 4) is 56.4 Å². The van der Waals surface area contributed by atoms with Crippen LogP contribution in [0.25, 0.3) is 33.4 Å². The molecule has 0 amide bonds. The summed E-state index contributed by atoms with van der Waals surface area (Å²) in [5.74, 6) is 2.77. The highest BCUT2D eigenvalue weighted by molar-refractivity contribution is 5.97. The van der Waals surface area contributed by atoms with Crippen molar-refractivity contribution in [1.82, 2.24) is 0 Å². The molecule has 0 fully saturated rings. The van der Waals surface area contributed by atoms with Crippen molar-refractivity contribution in [2.45, 2.75) is 10.8 Å². The van der Waals surface area contributed by atoms with E-state index in [2.05, 4.69) is 241 Å². The van der Waals surface area contributed by atoms with Crippen LogP contribution in [0, 0.1) is 0 Å². The topological polar surface area (TPSA) is 21.7 Å². The molecule has 3 nitrogen and oxygen atoms in total. The summed E-state index contributed by atoms with van der Waals surface area (Å²) in [7, 11) is 0. The molecule has 304 valence electrons. The van der Waals surface area contributed by atoms with Crippen molar-refractivity contribution in [3.05, 3.63) is 281 Å². The van der Waals surface area contributed by atoms with Gasteiger partial charge in [-0.3, -0.25) is 0 Å². The smallest absolute Gasteiger partial charge is 0.172 e. The zero-order valence-corrected chi connectivity index (χ0v) is 35.3. The summed E-state index contributed by atoms with van der Waals surface area (Å²) in [6.45, 7) is 0. The summed E-state index contributed by atoms with van der Waals surface area (Å²) >= 11 is 0. The number of hydrogen-bond acceptors (Lipinski definition) is 3. The Balaban J connectivity index is 0.959. The van der Waals surface area contributed by atoms with Crippen molar-refractivity contribution in [3.63, 3.8) is 0 Å². The summed E-state index contributed by atoms with van der Waals surface area (Å²) in [4.78, 5) is 2.39. The molecule has 1 spiro atoms. The van der Waals surface area contributed by atoms with E-state index in [-0.39, 0.29) is 0 Å². The molecule has 0 bridgehead atoms. The zero-order chi connectivity index (χ0) is 42.7. The maximum absolute atomic E-state index is 7.11. The molecule has 3 aliphatic carbocycles. The Labute approximate surface area is 378 Å². The minimum atomic E-state index is -0.601. The fraction of sp³-hybridized carbons (Fsp3) is 0.0323. The molecule has 10 aromatic carbocycles. The lowest BCUT2D eigenvalue weighted by atomic mass is 9.67. The molecular weight excluding hydrogens is 791 g/mol. The molecule has 0 N–H and O–H groups in total. The van der Waals surface area contributed by atoms with Crippen LogP contribution in [0.3, 0.4) is 0 Å². The summed E-state index contributed by atoms with van der Waals surface area (Å²) in [6, 6.07) is 85.9. The minimum Gasteiger partial charge on any atom is -0.449 e. The van der Waals surface area contributed by atoms with Crippen molar-refractivity contribution in [2.24, 2.45) is 0 Å². The standard InChI is InChI=1S/C62H39NO2/c1-4-19-40(20-5-1)61(41-21-6-2-7-22-41)50-30-14-12-27-46(50)48-29-18-34-55(60(48)61)63(42-23-8-3-9-24-42)43-35-36-56-57(37-43)65-59-39-54-49(38-58(59)64-56)47-28-13-17-33-53(47)62(54)51-31-15-10-25-44(51)45-26-11-16-32-52(45)62/h1-39H. The lowest BCUT2D eigenvalue weighted by Crippen LogP contribution is -2.30. The van der Waals surface area contributed by atoms with Crippen LogP contribution in [0.5, 0.6) is 23.0 Å². The third kappa shape index (κ3) is 4.79. The highest BCUT2D eigenvalue weighted by atomic mass is 16.6. The number of rotatable bonds is 5. The molecule has 0 atom stereocenters. The van der Waals surface area contributed by atoms with E-state index in [1.165, 1.54) is 77.9 Å². The summed E-state index contributed by atoms with van der Waals surface area (Å²) in [6.07, 6.45) is 0. The predicted molar refractivity (Wildman–Crippen MR) is 261 cm³/mol. The van der Waals surface area contributed by atoms with Gasteiger partial charge in [0.2, 0.25) is 0 Å². The van der Waals surface area contributed by atoms with Crippen LogP contribution in [0.1, 0.15) is 44.5 Å². The first-order valence-corrected chi connectivity index (χ1v) is 22.4. The highest BCUT2D eigenvalue weighted by Crippen LogP contribution is 2.65. The minimum absolute atomic E-state index is 0.487. The third-order valence-corrected chi connectivity index (χ3v) is 14.4. The van der Waals surface area contributed by atoms with E-state index in [0.717, 1.165) is 17.1 Å². The van der Waals surface area contributed by atoms with Crippen LogP contribution in [0.2, 0.25) is 0 Å². The molecule has 0 aromatic heterocycles. The van der Waals surface area contributed by atoms with Gasteiger partial charge in [0, 0.05) is 17.3 Å². The van der Waals surface area contributed by atoms with Gasteiger partial charge in [0.05, 0.1) is 22.2 Å². The summed E-state index contributed by atoms with van der Waals surface area (Å²) in [5, 5.41) is 0. The Morgan fingerprint density at radius 2 is 0.723 bits per heavy atom. The Morgan fingerprint density at radius 3 is 1.32 bits per heavy atom. The third-order valence-electron chi connectivity index (χ3n) is 14.4. The molecule has 4 aliphatic rings. The maximum Gasteiger partial charge on any atom is 0.172 e. The average molecular weight is 830 g/mol. The lowest BCUT2D eigenvalue weighted by Gasteiger charge is -2.38. The molecule has 1 heterocycles. The van der Waals surface area contributed by atoms with Crippen LogP contribution in [-0.2, 0) is 10.8 Å². The van der Waals surface area contributed by atoms with Gasteiger partial charge >= 0.3 is 0 Å². The van der Waals surface area contributed by atoms with Gasteiger partial charge in [-0.25, -0.2) is 0 Å².